The highest BCUT2D eigenvalue weighted by Gasteiger charge is 2.24. The summed E-state index contributed by atoms with van der Waals surface area (Å²) in [4.78, 5) is 14.1. The predicted octanol–water partition coefficient (Wildman–Crippen LogP) is 2.13. The van der Waals surface area contributed by atoms with Gasteiger partial charge in [0.25, 0.3) is 5.69 Å². The normalized spacial score (nSPS) is 14.7. The van der Waals surface area contributed by atoms with Gasteiger partial charge in [0.2, 0.25) is 0 Å². The van der Waals surface area contributed by atoms with E-state index in [9.17, 15) is 15.2 Å². The zero-order chi connectivity index (χ0) is 11.6. The summed E-state index contributed by atoms with van der Waals surface area (Å²) < 4.78 is 0. The van der Waals surface area contributed by atoms with Crippen molar-refractivity contribution in [3.8, 4) is 0 Å². The van der Waals surface area contributed by atoms with Crippen molar-refractivity contribution in [3.63, 3.8) is 0 Å². The molecule has 1 aromatic heterocycles. The number of aliphatic hydroxyl groups excluding tert-OH is 1. The third kappa shape index (κ3) is 2.64. The van der Waals surface area contributed by atoms with Gasteiger partial charge >= 0.3 is 0 Å². The van der Waals surface area contributed by atoms with Crippen LogP contribution in [-0.4, -0.2) is 21.1 Å². The Bertz CT molecular complexity index is 382. The smallest absolute Gasteiger partial charge is 0.292 e. The number of aromatic nitrogens is 1. The van der Waals surface area contributed by atoms with Crippen LogP contribution < -0.4 is 0 Å². The Morgan fingerprint density at radius 2 is 2.20 bits per heavy atom. The Hall–Kier alpha value is -1.20. The molecule has 5 nitrogen and oxygen atoms in total. The van der Waals surface area contributed by atoms with Gasteiger partial charge in [-0.15, -0.1) is 0 Å². The van der Waals surface area contributed by atoms with Crippen molar-refractivity contribution >= 4 is 17.3 Å². The fourth-order valence-corrected chi connectivity index (χ4v) is 1.32. The van der Waals surface area contributed by atoms with Crippen LogP contribution in [0, 0.1) is 10.1 Å². The molecule has 1 aromatic rings. The molecule has 2 unspecified atom stereocenters. The van der Waals surface area contributed by atoms with Gasteiger partial charge in [-0.05, 0) is 6.92 Å². The van der Waals surface area contributed by atoms with Crippen molar-refractivity contribution < 1.29 is 10.0 Å². The first-order valence-corrected chi connectivity index (χ1v) is 4.79. The number of hydrogen-bond acceptors (Lipinski definition) is 4. The lowest BCUT2D eigenvalue weighted by molar-refractivity contribution is -0.386. The van der Waals surface area contributed by atoms with Crippen LogP contribution in [0.2, 0.25) is 5.02 Å². The first-order valence-electron chi connectivity index (χ1n) is 4.41. The molecule has 0 aliphatic heterocycles. The van der Waals surface area contributed by atoms with Crippen LogP contribution >= 0.6 is 11.6 Å². The average molecular weight is 231 g/mol. The second-order valence-corrected chi connectivity index (χ2v) is 3.78. The van der Waals surface area contributed by atoms with Gasteiger partial charge in [0.05, 0.1) is 16.0 Å². The van der Waals surface area contributed by atoms with E-state index in [0.717, 1.165) is 0 Å². The summed E-state index contributed by atoms with van der Waals surface area (Å²) in [6.07, 6.45) is 0.639. The quantitative estimate of drug-likeness (QED) is 0.638. The van der Waals surface area contributed by atoms with Gasteiger partial charge in [-0.1, -0.05) is 18.5 Å². The number of halogens is 1. The van der Waals surface area contributed by atoms with Gasteiger partial charge in [0, 0.05) is 18.2 Å². The average Bonchev–Trinajstić information content (AvgIpc) is 2.16. The lowest BCUT2D eigenvalue weighted by Crippen LogP contribution is -2.14. The predicted molar refractivity (Wildman–Crippen MR) is 56.0 cm³/mol. The molecule has 1 N–H and O–H groups in total. The fraction of sp³-hybridized carbons (Fsp3) is 0.444. The first kappa shape index (κ1) is 11.9. The minimum Gasteiger partial charge on any atom is -0.393 e. The molecule has 0 amide bonds. The number of nitrogens with zero attached hydrogens (tertiary/aromatic N) is 2. The summed E-state index contributed by atoms with van der Waals surface area (Å²) in [5.74, 6) is -0.400. The van der Waals surface area contributed by atoms with Crippen LogP contribution in [-0.2, 0) is 0 Å². The third-order valence-electron chi connectivity index (χ3n) is 2.22. The van der Waals surface area contributed by atoms with Gasteiger partial charge in [-0.2, -0.15) is 0 Å². The van der Waals surface area contributed by atoms with Crippen LogP contribution in [0.4, 0.5) is 5.69 Å². The Balaban J connectivity index is 3.22. The number of nitro groups is 1. The molecule has 0 aliphatic carbocycles. The highest BCUT2D eigenvalue weighted by Crippen LogP contribution is 2.28. The Morgan fingerprint density at radius 3 is 2.67 bits per heavy atom. The second kappa shape index (κ2) is 4.55. The molecule has 2 atom stereocenters. The zero-order valence-corrected chi connectivity index (χ0v) is 9.10. The van der Waals surface area contributed by atoms with Crippen LogP contribution in [0.1, 0.15) is 25.5 Å². The summed E-state index contributed by atoms with van der Waals surface area (Å²) in [6.45, 7) is 3.23. The highest BCUT2D eigenvalue weighted by atomic mass is 35.5. The van der Waals surface area contributed by atoms with Crippen molar-refractivity contribution in [3.05, 3.63) is 33.1 Å². The van der Waals surface area contributed by atoms with Gasteiger partial charge in [0.15, 0.2) is 0 Å². The molecule has 82 valence electrons. The molecule has 0 aliphatic rings. The summed E-state index contributed by atoms with van der Waals surface area (Å²) in [7, 11) is 0. The summed E-state index contributed by atoms with van der Waals surface area (Å²) >= 11 is 5.62. The van der Waals surface area contributed by atoms with Crippen LogP contribution in [0.3, 0.4) is 0 Å². The maximum atomic E-state index is 10.7. The first-order chi connectivity index (χ1) is 6.93. The standard InChI is InChI=1S/C9H11ClN2O3/c1-5(6(2)13)9-8(12(14)15)3-7(10)4-11-9/h3-6,13H,1-2H3. The second-order valence-electron chi connectivity index (χ2n) is 3.34. The molecule has 0 saturated heterocycles. The molecule has 0 bridgehead atoms. The van der Waals surface area contributed by atoms with E-state index >= 15 is 0 Å². The fourth-order valence-electron chi connectivity index (χ4n) is 1.16. The van der Waals surface area contributed by atoms with E-state index in [1.165, 1.54) is 12.3 Å². The summed E-state index contributed by atoms with van der Waals surface area (Å²) in [5, 5.41) is 20.3. The SMILES string of the molecule is CC(O)C(C)c1ncc(Cl)cc1[N+](=O)[O-]. The van der Waals surface area contributed by atoms with Crippen LogP contribution in [0.15, 0.2) is 12.3 Å². The Morgan fingerprint density at radius 1 is 1.60 bits per heavy atom. The molecular formula is C9H11ClN2O3. The van der Waals surface area contributed by atoms with Crippen molar-refractivity contribution in [1.29, 1.82) is 0 Å². The monoisotopic (exact) mass is 230 g/mol. The van der Waals surface area contributed by atoms with Gasteiger partial charge in [-0.3, -0.25) is 15.1 Å². The van der Waals surface area contributed by atoms with E-state index in [4.69, 9.17) is 11.6 Å². The van der Waals surface area contributed by atoms with E-state index < -0.39 is 16.9 Å². The van der Waals surface area contributed by atoms with Gasteiger partial charge in [-0.25, -0.2) is 0 Å². The highest BCUT2D eigenvalue weighted by molar-refractivity contribution is 6.30. The third-order valence-corrected chi connectivity index (χ3v) is 2.42. The van der Waals surface area contributed by atoms with E-state index in [1.54, 1.807) is 13.8 Å². The largest absolute Gasteiger partial charge is 0.393 e. The van der Waals surface area contributed by atoms with E-state index in [1.807, 2.05) is 0 Å². The summed E-state index contributed by atoms with van der Waals surface area (Å²) in [5.41, 5.74) is 0.0929. The van der Waals surface area contributed by atoms with Crippen molar-refractivity contribution in [2.45, 2.75) is 25.9 Å². The number of rotatable bonds is 3. The van der Waals surface area contributed by atoms with E-state index in [2.05, 4.69) is 4.98 Å². The molecule has 0 fully saturated rings. The topological polar surface area (TPSA) is 76.3 Å². The molecule has 0 spiro atoms. The van der Waals surface area contributed by atoms with Gasteiger partial charge in [0.1, 0.15) is 5.69 Å². The molecule has 1 rings (SSSR count). The summed E-state index contributed by atoms with van der Waals surface area (Å²) in [6, 6.07) is 1.24. The molecule has 0 saturated carbocycles. The lowest BCUT2D eigenvalue weighted by Gasteiger charge is -2.13. The van der Waals surface area contributed by atoms with E-state index in [0.29, 0.717) is 0 Å². The maximum absolute atomic E-state index is 10.7. The van der Waals surface area contributed by atoms with Crippen LogP contribution in [0.5, 0.6) is 0 Å². The molecule has 0 radical (unpaired) electrons. The Labute approximate surface area is 91.9 Å². The number of aliphatic hydroxyl groups is 1. The van der Waals surface area contributed by atoms with Gasteiger partial charge < -0.3 is 5.11 Å². The number of pyridine rings is 1. The number of hydrogen-bond donors (Lipinski definition) is 1. The molecular weight excluding hydrogens is 220 g/mol. The van der Waals surface area contributed by atoms with Crippen LogP contribution in [0.25, 0.3) is 0 Å². The van der Waals surface area contributed by atoms with Crippen molar-refractivity contribution in [2.24, 2.45) is 0 Å². The lowest BCUT2D eigenvalue weighted by atomic mass is 10.0. The minimum absolute atomic E-state index is 0.157. The maximum Gasteiger partial charge on any atom is 0.292 e. The molecule has 15 heavy (non-hydrogen) atoms. The molecule has 6 heteroatoms. The Kier molecular flexibility index (Phi) is 3.60. The van der Waals surface area contributed by atoms with Crippen molar-refractivity contribution in [2.75, 3.05) is 0 Å². The van der Waals surface area contributed by atoms with Crippen molar-refractivity contribution in [1.82, 2.24) is 4.98 Å². The molecule has 0 aromatic carbocycles. The zero-order valence-electron chi connectivity index (χ0n) is 8.35. The minimum atomic E-state index is -0.697. The molecule has 1 heterocycles. The van der Waals surface area contributed by atoms with E-state index in [-0.39, 0.29) is 16.4 Å².